The van der Waals surface area contributed by atoms with Crippen molar-refractivity contribution in [1.29, 1.82) is 0 Å². The zero-order valence-corrected chi connectivity index (χ0v) is 10.8. The minimum Gasteiger partial charge on any atom is -0.397 e. The van der Waals surface area contributed by atoms with Crippen LogP contribution in [0, 0.1) is 0 Å². The zero-order valence-electron chi connectivity index (χ0n) is 10.8. The molecule has 0 spiro atoms. The Labute approximate surface area is 102 Å². The van der Waals surface area contributed by atoms with Crippen LogP contribution in [-0.4, -0.2) is 23.5 Å². The molecule has 2 heterocycles. The molecule has 2 aliphatic rings. The topological polar surface area (TPSA) is 44.5 Å². The van der Waals surface area contributed by atoms with Gasteiger partial charge in [-0.1, -0.05) is 5.16 Å². The van der Waals surface area contributed by atoms with Crippen molar-refractivity contribution in [2.24, 2.45) is 0 Å². The molecule has 2 fully saturated rings. The third-order valence-corrected chi connectivity index (χ3v) is 4.03. The van der Waals surface area contributed by atoms with Crippen LogP contribution >= 0.6 is 0 Å². The van der Waals surface area contributed by atoms with E-state index in [-0.39, 0.29) is 11.2 Å². The van der Waals surface area contributed by atoms with Crippen LogP contribution < -0.4 is 5.66 Å². The monoisotopic (exact) mass is 235 g/mol. The van der Waals surface area contributed by atoms with Crippen molar-refractivity contribution in [2.45, 2.75) is 57.7 Å². The van der Waals surface area contributed by atoms with Gasteiger partial charge in [0.1, 0.15) is 0 Å². The minimum absolute atomic E-state index is 0.329. The van der Waals surface area contributed by atoms with E-state index in [4.69, 9.17) is 13.8 Å². The van der Waals surface area contributed by atoms with Crippen LogP contribution in [0.1, 0.15) is 52.1 Å². The molecule has 0 unspecified atom stereocenters. The van der Waals surface area contributed by atoms with Crippen LogP contribution in [0.3, 0.4) is 0 Å². The molecule has 0 atom stereocenters. The Hall–Kier alpha value is -0.805. The first-order valence-electron chi connectivity index (χ1n) is 6.21. The van der Waals surface area contributed by atoms with Crippen LogP contribution in [0.4, 0.5) is 0 Å². The summed E-state index contributed by atoms with van der Waals surface area (Å²) in [7, 11) is -0.431. The van der Waals surface area contributed by atoms with Crippen molar-refractivity contribution < 1.29 is 13.8 Å². The predicted molar refractivity (Wildman–Crippen MR) is 64.2 cm³/mol. The van der Waals surface area contributed by atoms with Crippen LogP contribution in [0.25, 0.3) is 0 Å². The molecule has 0 aromatic carbocycles. The Morgan fingerprint density at radius 2 is 1.76 bits per heavy atom. The largest absolute Gasteiger partial charge is 0.535 e. The molecule has 1 saturated carbocycles. The summed E-state index contributed by atoms with van der Waals surface area (Å²) in [6.07, 6.45) is 2.44. The number of hydrogen-bond acceptors (Lipinski definition) is 4. The number of nitrogens with zero attached hydrogens (tertiary/aromatic N) is 1. The quantitative estimate of drug-likeness (QED) is 0.734. The second-order valence-corrected chi connectivity index (χ2v) is 6.02. The van der Waals surface area contributed by atoms with Crippen LogP contribution in [0.2, 0.25) is 0 Å². The molecule has 1 aromatic rings. The average Bonchev–Trinajstić information content (AvgIpc) is 2.89. The first-order chi connectivity index (χ1) is 7.89. The van der Waals surface area contributed by atoms with Gasteiger partial charge in [-0.3, -0.25) is 0 Å². The van der Waals surface area contributed by atoms with E-state index in [1.54, 1.807) is 0 Å². The van der Waals surface area contributed by atoms with Crippen molar-refractivity contribution in [3.05, 3.63) is 11.8 Å². The smallest absolute Gasteiger partial charge is 0.397 e. The van der Waals surface area contributed by atoms with Gasteiger partial charge in [-0.15, -0.1) is 0 Å². The molecule has 5 heteroatoms. The van der Waals surface area contributed by atoms with Gasteiger partial charge in [0, 0.05) is 12.0 Å². The van der Waals surface area contributed by atoms with E-state index in [1.807, 2.05) is 33.8 Å². The van der Waals surface area contributed by atoms with E-state index in [9.17, 15) is 0 Å². The number of rotatable bonds is 2. The van der Waals surface area contributed by atoms with E-state index in [0.29, 0.717) is 11.6 Å². The Bertz CT molecular complexity index is 421. The molecular weight excluding hydrogens is 217 g/mol. The van der Waals surface area contributed by atoms with Gasteiger partial charge in [0.2, 0.25) is 0 Å². The van der Waals surface area contributed by atoms with E-state index in [1.165, 1.54) is 12.8 Å². The molecule has 0 bridgehead atoms. The number of aromatic nitrogens is 1. The molecule has 4 nitrogen and oxygen atoms in total. The summed E-state index contributed by atoms with van der Waals surface area (Å²) in [6.45, 7) is 8.13. The second-order valence-electron chi connectivity index (χ2n) is 6.02. The SMILES string of the molecule is CC1(C)OB(c2cc(C3CC3)no2)OC1(C)C. The fourth-order valence-corrected chi connectivity index (χ4v) is 1.95. The Morgan fingerprint density at radius 3 is 2.29 bits per heavy atom. The van der Waals surface area contributed by atoms with Gasteiger partial charge in [0.25, 0.3) is 0 Å². The highest BCUT2D eigenvalue weighted by Gasteiger charge is 2.53. The lowest BCUT2D eigenvalue weighted by atomic mass is 9.86. The van der Waals surface area contributed by atoms with Crippen molar-refractivity contribution in [3.8, 4) is 0 Å². The Kier molecular flexibility index (Phi) is 2.23. The molecule has 3 rings (SSSR count). The summed E-state index contributed by atoms with van der Waals surface area (Å²) in [5, 5.41) is 4.08. The van der Waals surface area contributed by atoms with E-state index >= 15 is 0 Å². The molecule has 0 N–H and O–H groups in total. The highest BCUT2D eigenvalue weighted by atomic mass is 16.7. The van der Waals surface area contributed by atoms with Crippen molar-refractivity contribution in [1.82, 2.24) is 5.16 Å². The maximum absolute atomic E-state index is 5.91. The lowest BCUT2D eigenvalue weighted by molar-refractivity contribution is 0.00578. The van der Waals surface area contributed by atoms with Gasteiger partial charge >= 0.3 is 7.12 Å². The molecule has 17 heavy (non-hydrogen) atoms. The van der Waals surface area contributed by atoms with Gasteiger partial charge in [-0.25, -0.2) is 0 Å². The third kappa shape index (κ3) is 1.81. The zero-order chi connectivity index (χ0) is 12.3. The fourth-order valence-electron chi connectivity index (χ4n) is 1.95. The van der Waals surface area contributed by atoms with E-state index < -0.39 is 7.12 Å². The molecule has 0 amide bonds. The van der Waals surface area contributed by atoms with Gasteiger partial charge in [0.05, 0.1) is 16.9 Å². The molecular formula is C12H18BNO3. The maximum Gasteiger partial charge on any atom is 0.535 e. The molecule has 1 aliphatic heterocycles. The third-order valence-electron chi connectivity index (χ3n) is 4.03. The van der Waals surface area contributed by atoms with E-state index in [2.05, 4.69) is 5.16 Å². The predicted octanol–water partition coefficient (Wildman–Crippen LogP) is 1.85. The summed E-state index contributed by atoms with van der Waals surface area (Å²) < 4.78 is 17.2. The first-order valence-corrected chi connectivity index (χ1v) is 6.21. The Morgan fingerprint density at radius 1 is 1.18 bits per heavy atom. The lowest BCUT2D eigenvalue weighted by Crippen LogP contribution is -2.41. The van der Waals surface area contributed by atoms with Crippen LogP contribution in [-0.2, 0) is 9.31 Å². The molecule has 92 valence electrons. The average molecular weight is 235 g/mol. The standard InChI is InChI=1S/C12H18BNO3/c1-11(2)12(3,4)17-13(16-11)10-7-9(14-15-10)8-5-6-8/h7-8H,5-6H2,1-4H3. The first kappa shape index (κ1) is 11.3. The minimum atomic E-state index is -0.431. The maximum atomic E-state index is 5.91. The summed E-state index contributed by atoms with van der Waals surface area (Å²) >= 11 is 0. The van der Waals surface area contributed by atoms with Crippen molar-refractivity contribution in [3.63, 3.8) is 0 Å². The fraction of sp³-hybridized carbons (Fsp3) is 0.750. The summed E-state index contributed by atoms with van der Waals surface area (Å²) in [5.74, 6) is 0.593. The summed E-state index contributed by atoms with van der Waals surface area (Å²) in [5.41, 5.74) is 1.06. The molecule has 1 saturated heterocycles. The second kappa shape index (κ2) is 3.36. The van der Waals surface area contributed by atoms with Gasteiger partial charge in [-0.05, 0) is 40.5 Å². The summed E-state index contributed by atoms with van der Waals surface area (Å²) in [6, 6.07) is 1.97. The van der Waals surface area contributed by atoms with Crippen LogP contribution in [0.5, 0.6) is 0 Å². The van der Waals surface area contributed by atoms with Gasteiger partial charge < -0.3 is 13.8 Å². The van der Waals surface area contributed by atoms with E-state index in [0.717, 1.165) is 5.69 Å². The molecule has 1 aromatic heterocycles. The molecule has 0 radical (unpaired) electrons. The highest BCUT2D eigenvalue weighted by molar-refractivity contribution is 6.60. The normalized spacial score (nSPS) is 26.5. The number of hydrogen-bond donors (Lipinski definition) is 0. The van der Waals surface area contributed by atoms with Gasteiger partial charge in [0.15, 0.2) is 5.66 Å². The van der Waals surface area contributed by atoms with Gasteiger partial charge in [-0.2, -0.15) is 0 Å². The lowest BCUT2D eigenvalue weighted by Gasteiger charge is -2.32. The molecule has 1 aliphatic carbocycles. The van der Waals surface area contributed by atoms with Crippen molar-refractivity contribution >= 4 is 12.8 Å². The highest BCUT2D eigenvalue weighted by Crippen LogP contribution is 2.40. The van der Waals surface area contributed by atoms with Crippen molar-refractivity contribution in [2.75, 3.05) is 0 Å². The van der Waals surface area contributed by atoms with Crippen LogP contribution in [0.15, 0.2) is 10.6 Å². The summed E-state index contributed by atoms with van der Waals surface area (Å²) in [4.78, 5) is 0. The Balaban J connectivity index is 1.81.